The minimum absolute atomic E-state index is 0.741. The van der Waals surface area contributed by atoms with Gasteiger partial charge in [0.1, 0.15) is 5.82 Å². The zero-order valence-corrected chi connectivity index (χ0v) is 13.9. The molecule has 0 aliphatic carbocycles. The molecular weight excluding hydrogens is 306 g/mol. The van der Waals surface area contributed by atoms with E-state index in [1.807, 2.05) is 61.7 Å². The van der Waals surface area contributed by atoms with E-state index in [0.29, 0.717) is 0 Å². The Hall–Kier alpha value is -3.33. The average molecular weight is 323 g/mol. The van der Waals surface area contributed by atoms with E-state index in [1.54, 1.807) is 0 Å². The van der Waals surface area contributed by atoms with Gasteiger partial charge in [0, 0.05) is 17.3 Å². The Morgan fingerprint density at radius 3 is 1.84 bits per heavy atom. The Morgan fingerprint density at radius 1 is 0.560 bits per heavy atom. The smallest absolute Gasteiger partial charge is 0.126 e. The topological polar surface area (TPSA) is 38.7 Å². The molecule has 0 saturated carbocycles. The van der Waals surface area contributed by atoms with Crippen LogP contribution in [0.25, 0.3) is 33.8 Å². The SMILES string of the molecule is Cc1nc(-c2ccccc2)cc(-c2ccc(-c3ccccc3)cn2)n1. The summed E-state index contributed by atoms with van der Waals surface area (Å²) in [6.45, 7) is 1.91. The van der Waals surface area contributed by atoms with Crippen LogP contribution in [0.2, 0.25) is 0 Å². The average Bonchev–Trinajstić information content (AvgIpc) is 2.69. The second-order valence-corrected chi connectivity index (χ2v) is 5.85. The largest absolute Gasteiger partial charge is 0.254 e. The van der Waals surface area contributed by atoms with Crippen molar-refractivity contribution in [2.75, 3.05) is 0 Å². The molecule has 4 rings (SSSR count). The molecule has 0 radical (unpaired) electrons. The maximum atomic E-state index is 4.61. The molecule has 25 heavy (non-hydrogen) atoms. The molecule has 0 bridgehead atoms. The molecule has 0 atom stereocenters. The summed E-state index contributed by atoms with van der Waals surface area (Å²) in [7, 11) is 0. The van der Waals surface area contributed by atoms with Gasteiger partial charge in [0.25, 0.3) is 0 Å². The van der Waals surface area contributed by atoms with E-state index in [0.717, 1.165) is 39.6 Å². The minimum atomic E-state index is 0.741. The summed E-state index contributed by atoms with van der Waals surface area (Å²) in [5.74, 6) is 0.741. The van der Waals surface area contributed by atoms with E-state index in [4.69, 9.17) is 0 Å². The number of hydrogen-bond acceptors (Lipinski definition) is 3. The van der Waals surface area contributed by atoms with Crippen LogP contribution in [0.1, 0.15) is 5.82 Å². The third-order valence-corrected chi connectivity index (χ3v) is 4.04. The van der Waals surface area contributed by atoms with Gasteiger partial charge in [0.2, 0.25) is 0 Å². The maximum absolute atomic E-state index is 4.61. The second kappa shape index (κ2) is 6.65. The molecule has 0 fully saturated rings. The molecule has 3 nitrogen and oxygen atoms in total. The molecule has 0 amide bonds. The number of aromatic nitrogens is 3. The van der Waals surface area contributed by atoms with Crippen LogP contribution in [-0.2, 0) is 0 Å². The van der Waals surface area contributed by atoms with Gasteiger partial charge in [-0.05, 0) is 24.6 Å². The Kier molecular flexibility index (Phi) is 4.05. The van der Waals surface area contributed by atoms with E-state index in [2.05, 4.69) is 45.3 Å². The molecule has 3 heteroatoms. The molecular formula is C22H17N3. The first kappa shape index (κ1) is 15.2. The lowest BCUT2D eigenvalue weighted by Gasteiger charge is -2.07. The monoisotopic (exact) mass is 323 g/mol. The second-order valence-electron chi connectivity index (χ2n) is 5.85. The molecule has 2 aromatic carbocycles. The highest BCUT2D eigenvalue weighted by Gasteiger charge is 2.08. The lowest BCUT2D eigenvalue weighted by molar-refractivity contribution is 1.05. The van der Waals surface area contributed by atoms with Gasteiger partial charge in [-0.25, -0.2) is 9.97 Å². The highest BCUT2D eigenvalue weighted by atomic mass is 14.9. The predicted octanol–water partition coefficient (Wildman–Crippen LogP) is 5.18. The van der Waals surface area contributed by atoms with Crippen LogP contribution in [0, 0.1) is 6.92 Å². The van der Waals surface area contributed by atoms with Crippen LogP contribution >= 0.6 is 0 Å². The summed E-state index contributed by atoms with van der Waals surface area (Å²) >= 11 is 0. The van der Waals surface area contributed by atoms with E-state index in [-0.39, 0.29) is 0 Å². The number of rotatable bonds is 3. The predicted molar refractivity (Wildman–Crippen MR) is 101 cm³/mol. The normalized spacial score (nSPS) is 10.6. The van der Waals surface area contributed by atoms with Gasteiger partial charge in [-0.2, -0.15) is 0 Å². The van der Waals surface area contributed by atoms with Crippen LogP contribution in [0.15, 0.2) is 85.1 Å². The van der Waals surface area contributed by atoms with Crippen molar-refractivity contribution in [3.8, 4) is 33.8 Å². The van der Waals surface area contributed by atoms with Crippen molar-refractivity contribution in [2.24, 2.45) is 0 Å². The quantitative estimate of drug-likeness (QED) is 0.521. The van der Waals surface area contributed by atoms with E-state index in [9.17, 15) is 0 Å². The summed E-state index contributed by atoms with van der Waals surface area (Å²) in [6, 6.07) is 26.5. The van der Waals surface area contributed by atoms with Gasteiger partial charge in [-0.1, -0.05) is 66.7 Å². The van der Waals surface area contributed by atoms with Gasteiger partial charge in [0.05, 0.1) is 17.1 Å². The number of nitrogens with zero attached hydrogens (tertiary/aromatic N) is 3. The van der Waals surface area contributed by atoms with Gasteiger partial charge in [-0.15, -0.1) is 0 Å². The Balaban J connectivity index is 1.71. The van der Waals surface area contributed by atoms with Gasteiger partial charge in [0.15, 0.2) is 0 Å². The van der Waals surface area contributed by atoms with Crippen LogP contribution in [0.3, 0.4) is 0 Å². The number of hydrogen-bond donors (Lipinski definition) is 0. The van der Waals surface area contributed by atoms with Crippen molar-refractivity contribution in [1.29, 1.82) is 0 Å². The van der Waals surface area contributed by atoms with Crippen molar-refractivity contribution in [3.63, 3.8) is 0 Å². The molecule has 0 aliphatic heterocycles. The molecule has 4 aromatic rings. The lowest BCUT2D eigenvalue weighted by Crippen LogP contribution is -1.96. The highest BCUT2D eigenvalue weighted by molar-refractivity contribution is 5.68. The van der Waals surface area contributed by atoms with Gasteiger partial charge >= 0.3 is 0 Å². The van der Waals surface area contributed by atoms with Crippen molar-refractivity contribution in [3.05, 3.63) is 90.9 Å². The van der Waals surface area contributed by atoms with E-state index < -0.39 is 0 Å². The van der Waals surface area contributed by atoms with Crippen molar-refractivity contribution in [1.82, 2.24) is 15.0 Å². The molecule has 0 spiro atoms. The Labute approximate surface area is 147 Å². The van der Waals surface area contributed by atoms with Crippen molar-refractivity contribution >= 4 is 0 Å². The fraction of sp³-hybridized carbons (Fsp3) is 0.0455. The molecule has 0 saturated heterocycles. The summed E-state index contributed by atoms with van der Waals surface area (Å²) < 4.78 is 0. The third kappa shape index (κ3) is 3.31. The zero-order chi connectivity index (χ0) is 17.1. The van der Waals surface area contributed by atoms with Gasteiger partial charge < -0.3 is 0 Å². The standard InChI is InChI=1S/C22H17N3/c1-16-24-21(18-10-6-3-7-11-18)14-22(25-16)20-13-12-19(15-23-20)17-8-4-2-5-9-17/h2-15H,1H3. The summed E-state index contributed by atoms with van der Waals surface area (Å²) in [5, 5.41) is 0. The highest BCUT2D eigenvalue weighted by Crippen LogP contribution is 2.24. The first-order chi connectivity index (χ1) is 12.3. The molecule has 120 valence electrons. The van der Waals surface area contributed by atoms with Gasteiger partial charge in [-0.3, -0.25) is 4.98 Å². The van der Waals surface area contributed by atoms with Crippen LogP contribution in [0.4, 0.5) is 0 Å². The third-order valence-electron chi connectivity index (χ3n) is 4.04. The van der Waals surface area contributed by atoms with Crippen LogP contribution in [-0.4, -0.2) is 15.0 Å². The molecule has 2 aromatic heterocycles. The molecule has 0 N–H and O–H groups in total. The molecule has 2 heterocycles. The van der Waals surface area contributed by atoms with Crippen molar-refractivity contribution < 1.29 is 0 Å². The fourth-order valence-corrected chi connectivity index (χ4v) is 2.80. The first-order valence-corrected chi connectivity index (χ1v) is 8.22. The zero-order valence-electron chi connectivity index (χ0n) is 13.9. The lowest BCUT2D eigenvalue weighted by atomic mass is 10.1. The first-order valence-electron chi connectivity index (χ1n) is 8.22. The number of benzene rings is 2. The van der Waals surface area contributed by atoms with E-state index in [1.165, 1.54) is 0 Å². The maximum Gasteiger partial charge on any atom is 0.126 e. The Bertz CT molecular complexity index is 979. The summed E-state index contributed by atoms with van der Waals surface area (Å²) in [6.07, 6.45) is 1.89. The fourth-order valence-electron chi connectivity index (χ4n) is 2.80. The van der Waals surface area contributed by atoms with E-state index >= 15 is 0 Å². The van der Waals surface area contributed by atoms with Crippen LogP contribution < -0.4 is 0 Å². The van der Waals surface area contributed by atoms with Crippen molar-refractivity contribution in [2.45, 2.75) is 6.92 Å². The summed E-state index contributed by atoms with van der Waals surface area (Å²) in [5.41, 5.74) is 5.93. The molecule has 0 aliphatic rings. The molecule has 0 unspecified atom stereocenters. The van der Waals surface area contributed by atoms with Crippen LogP contribution in [0.5, 0.6) is 0 Å². The number of pyridine rings is 1. The number of aryl methyl sites for hydroxylation is 1. The Morgan fingerprint density at radius 2 is 1.20 bits per heavy atom. The minimum Gasteiger partial charge on any atom is -0.254 e. The summed E-state index contributed by atoms with van der Waals surface area (Å²) in [4.78, 5) is 13.7.